The van der Waals surface area contributed by atoms with Crippen LogP contribution in [0.2, 0.25) is 0 Å². The molecule has 22 heavy (non-hydrogen) atoms. The Hall–Kier alpha value is -2.70. The van der Waals surface area contributed by atoms with Gasteiger partial charge in [0.2, 0.25) is 5.91 Å². The smallest absolute Gasteiger partial charge is 0.274 e. The van der Waals surface area contributed by atoms with Crippen LogP contribution < -0.4 is 5.32 Å². The third-order valence-electron chi connectivity index (χ3n) is 3.98. The topological polar surface area (TPSA) is 90.1 Å². The summed E-state index contributed by atoms with van der Waals surface area (Å²) in [4.78, 5) is 26.9. The van der Waals surface area contributed by atoms with Gasteiger partial charge in [-0.3, -0.25) is 14.9 Å². The standard InChI is InChI=1S/C15H16N4O3/c20-15(12-5-6-13-8-16-10-18(13)9-12)17-7-11-3-1-2-4-14(11)19(21)22/h1-4,8,10,12H,5-7,9H2,(H,17,20)/t12-/m0/s1. The lowest BCUT2D eigenvalue weighted by Gasteiger charge is -2.23. The summed E-state index contributed by atoms with van der Waals surface area (Å²) in [7, 11) is 0. The second-order valence-corrected chi connectivity index (χ2v) is 5.38. The molecule has 7 nitrogen and oxygen atoms in total. The highest BCUT2D eigenvalue weighted by atomic mass is 16.6. The molecule has 1 atom stereocenters. The van der Waals surface area contributed by atoms with Crippen molar-refractivity contribution < 1.29 is 9.72 Å². The minimum absolute atomic E-state index is 0.0309. The van der Waals surface area contributed by atoms with E-state index in [-0.39, 0.29) is 24.1 Å². The van der Waals surface area contributed by atoms with Gasteiger partial charge in [-0.25, -0.2) is 4.98 Å². The van der Waals surface area contributed by atoms with Gasteiger partial charge in [-0.15, -0.1) is 0 Å². The molecule has 0 saturated heterocycles. The van der Waals surface area contributed by atoms with Crippen LogP contribution in [0.5, 0.6) is 0 Å². The van der Waals surface area contributed by atoms with Crippen molar-refractivity contribution >= 4 is 11.6 Å². The predicted molar refractivity (Wildman–Crippen MR) is 79.0 cm³/mol. The highest BCUT2D eigenvalue weighted by molar-refractivity contribution is 5.78. The van der Waals surface area contributed by atoms with E-state index in [1.54, 1.807) is 24.5 Å². The number of fused-ring (bicyclic) bond motifs is 1. The quantitative estimate of drug-likeness (QED) is 0.687. The molecular weight excluding hydrogens is 284 g/mol. The Morgan fingerprint density at radius 1 is 1.45 bits per heavy atom. The van der Waals surface area contributed by atoms with Crippen molar-refractivity contribution in [3.63, 3.8) is 0 Å². The van der Waals surface area contributed by atoms with Crippen LogP contribution in [0.4, 0.5) is 5.69 Å². The molecule has 0 saturated carbocycles. The number of hydrogen-bond acceptors (Lipinski definition) is 4. The number of nitro groups is 1. The molecule has 2 heterocycles. The summed E-state index contributed by atoms with van der Waals surface area (Å²) in [6.07, 6.45) is 5.15. The number of carbonyl (C=O) groups excluding carboxylic acids is 1. The van der Waals surface area contributed by atoms with Crippen LogP contribution in [0.1, 0.15) is 17.7 Å². The molecular formula is C15H16N4O3. The van der Waals surface area contributed by atoms with Gasteiger partial charge in [0.15, 0.2) is 0 Å². The zero-order valence-corrected chi connectivity index (χ0v) is 11.9. The third-order valence-corrected chi connectivity index (χ3v) is 3.98. The van der Waals surface area contributed by atoms with Gasteiger partial charge in [-0.1, -0.05) is 18.2 Å². The van der Waals surface area contributed by atoms with E-state index in [2.05, 4.69) is 10.3 Å². The van der Waals surface area contributed by atoms with Gasteiger partial charge < -0.3 is 9.88 Å². The average molecular weight is 300 g/mol. The van der Waals surface area contributed by atoms with Gasteiger partial charge in [0.05, 0.1) is 17.2 Å². The SMILES string of the molecule is O=C(NCc1ccccc1[N+](=O)[O-])[C@H]1CCc2cncn2C1. The van der Waals surface area contributed by atoms with Gasteiger partial charge in [0.25, 0.3) is 5.69 Å². The molecule has 0 aliphatic carbocycles. The van der Waals surface area contributed by atoms with E-state index in [9.17, 15) is 14.9 Å². The molecule has 1 aromatic carbocycles. The van der Waals surface area contributed by atoms with Gasteiger partial charge in [0, 0.05) is 36.6 Å². The summed E-state index contributed by atoms with van der Waals surface area (Å²) in [6.45, 7) is 0.779. The molecule has 1 aliphatic heterocycles. The van der Waals surface area contributed by atoms with E-state index in [0.29, 0.717) is 12.1 Å². The van der Waals surface area contributed by atoms with Crippen LogP contribution in [-0.4, -0.2) is 20.4 Å². The summed E-state index contributed by atoms with van der Waals surface area (Å²) < 4.78 is 1.98. The van der Waals surface area contributed by atoms with Gasteiger partial charge in [-0.05, 0) is 12.8 Å². The zero-order valence-electron chi connectivity index (χ0n) is 11.9. The number of carbonyl (C=O) groups is 1. The molecule has 7 heteroatoms. The first-order valence-electron chi connectivity index (χ1n) is 7.14. The largest absolute Gasteiger partial charge is 0.351 e. The third kappa shape index (κ3) is 2.83. The van der Waals surface area contributed by atoms with Crippen LogP contribution in [0.3, 0.4) is 0 Å². The normalized spacial score (nSPS) is 16.8. The maximum absolute atomic E-state index is 12.3. The number of rotatable bonds is 4. The summed E-state index contributed by atoms with van der Waals surface area (Å²) >= 11 is 0. The zero-order chi connectivity index (χ0) is 15.5. The molecule has 0 radical (unpaired) electrons. The number of amides is 1. The Bertz CT molecular complexity index is 710. The maximum atomic E-state index is 12.3. The van der Waals surface area contributed by atoms with Gasteiger partial charge >= 0.3 is 0 Å². The van der Waals surface area contributed by atoms with E-state index in [4.69, 9.17) is 0 Å². The molecule has 1 aromatic heterocycles. The van der Waals surface area contributed by atoms with Crippen molar-refractivity contribution in [3.05, 3.63) is 58.2 Å². The number of benzene rings is 1. The first kappa shape index (κ1) is 14.2. The van der Waals surface area contributed by atoms with Crippen LogP contribution in [0, 0.1) is 16.0 Å². The second-order valence-electron chi connectivity index (χ2n) is 5.38. The summed E-state index contributed by atoms with van der Waals surface area (Å²) in [6, 6.07) is 6.45. The number of hydrogen-bond donors (Lipinski definition) is 1. The minimum Gasteiger partial charge on any atom is -0.351 e. The summed E-state index contributed by atoms with van der Waals surface area (Å²) in [5.74, 6) is -0.193. The Morgan fingerprint density at radius 2 is 2.27 bits per heavy atom. The maximum Gasteiger partial charge on any atom is 0.274 e. The molecule has 0 fully saturated rings. The summed E-state index contributed by atoms with van der Waals surface area (Å²) in [5, 5.41) is 13.8. The number of nitro benzene ring substituents is 1. The number of aryl methyl sites for hydroxylation is 1. The lowest BCUT2D eigenvalue weighted by atomic mass is 9.97. The van der Waals surface area contributed by atoms with Crippen molar-refractivity contribution in [2.75, 3.05) is 0 Å². The average Bonchev–Trinajstić information content (AvgIpc) is 3.00. The second kappa shape index (κ2) is 5.97. The number of nitrogens with zero attached hydrogens (tertiary/aromatic N) is 3. The van der Waals surface area contributed by atoms with Crippen molar-refractivity contribution in [1.82, 2.24) is 14.9 Å². The summed E-state index contributed by atoms with van der Waals surface area (Å²) in [5.41, 5.74) is 1.69. The van der Waals surface area contributed by atoms with Crippen molar-refractivity contribution in [1.29, 1.82) is 0 Å². The fourth-order valence-electron chi connectivity index (χ4n) is 2.75. The number of para-hydroxylation sites is 1. The van der Waals surface area contributed by atoms with Crippen molar-refractivity contribution in [2.24, 2.45) is 5.92 Å². The van der Waals surface area contributed by atoms with Crippen molar-refractivity contribution in [3.8, 4) is 0 Å². The highest BCUT2D eigenvalue weighted by Gasteiger charge is 2.24. The first-order chi connectivity index (χ1) is 10.6. The number of imidazole rings is 1. The first-order valence-corrected chi connectivity index (χ1v) is 7.14. The lowest BCUT2D eigenvalue weighted by Crippen LogP contribution is -2.35. The number of aromatic nitrogens is 2. The van der Waals surface area contributed by atoms with E-state index in [0.717, 1.165) is 18.5 Å². The van der Waals surface area contributed by atoms with Crippen LogP contribution in [0.15, 0.2) is 36.8 Å². The molecule has 3 rings (SSSR count). The molecule has 1 aliphatic rings. The van der Waals surface area contributed by atoms with E-state index >= 15 is 0 Å². The molecule has 1 N–H and O–H groups in total. The molecule has 0 bridgehead atoms. The van der Waals surface area contributed by atoms with E-state index in [1.165, 1.54) is 6.07 Å². The number of nitrogens with one attached hydrogen (secondary N) is 1. The molecule has 2 aromatic rings. The highest BCUT2D eigenvalue weighted by Crippen LogP contribution is 2.21. The van der Waals surface area contributed by atoms with E-state index < -0.39 is 4.92 Å². The fraction of sp³-hybridized carbons (Fsp3) is 0.333. The Labute approximate surface area is 127 Å². The van der Waals surface area contributed by atoms with E-state index in [1.807, 2.05) is 10.8 Å². The molecule has 1 amide bonds. The minimum atomic E-state index is -0.431. The van der Waals surface area contributed by atoms with Gasteiger partial charge in [-0.2, -0.15) is 0 Å². The Morgan fingerprint density at radius 3 is 3.09 bits per heavy atom. The monoisotopic (exact) mass is 300 g/mol. The van der Waals surface area contributed by atoms with Gasteiger partial charge in [0.1, 0.15) is 0 Å². The molecule has 0 spiro atoms. The van der Waals surface area contributed by atoms with Crippen molar-refractivity contribution in [2.45, 2.75) is 25.9 Å². The van der Waals surface area contributed by atoms with Crippen LogP contribution in [0.25, 0.3) is 0 Å². The Kier molecular flexibility index (Phi) is 3.86. The lowest BCUT2D eigenvalue weighted by molar-refractivity contribution is -0.385. The predicted octanol–water partition coefficient (Wildman–Crippen LogP) is 1.67. The van der Waals surface area contributed by atoms with Crippen LogP contribution in [-0.2, 0) is 24.3 Å². The molecule has 114 valence electrons. The Balaban J connectivity index is 1.63. The molecule has 0 unspecified atom stereocenters. The fourth-order valence-corrected chi connectivity index (χ4v) is 2.75. The van der Waals surface area contributed by atoms with Crippen LogP contribution >= 0.6 is 0 Å².